The first kappa shape index (κ1) is 15.9. The van der Waals surface area contributed by atoms with Crippen molar-refractivity contribution >= 4 is 11.9 Å². The summed E-state index contributed by atoms with van der Waals surface area (Å²) in [5.41, 5.74) is -3.16. The molecule has 1 heterocycles. The van der Waals surface area contributed by atoms with Gasteiger partial charge in [0, 0.05) is 6.42 Å². The molecule has 2 aliphatic rings. The molecule has 0 radical (unpaired) electrons. The van der Waals surface area contributed by atoms with Crippen molar-refractivity contribution in [1.29, 1.82) is 0 Å². The molecule has 6 nitrogen and oxygen atoms in total. The Labute approximate surface area is 112 Å². The molecule has 1 saturated heterocycles. The molecule has 1 aliphatic heterocycles. The smallest absolute Gasteiger partial charge is 0.336 e. The highest BCUT2D eigenvalue weighted by Gasteiger charge is 2.71. The van der Waals surface area contributed by atoms with Crippen LogP contribution in [-0.4, -0.2) is 38.8 Å². The normalized spacial score (nSPS) is 35.5. The zero-order valence-corrected chi connectivity index (χ0v) is 11.4. The number of fused-ring (bicyclic) bond motifs is 2. The first-order valence-electron chi connectivity index (χ1n) is 6.55. The molecule has 19 heavy (non-hydrogen) atoms. The molecule has 1 saturated carbocycles. The number of ether oxygens (including phenoxy) is 1. The summed E-state index contributed by atoms with van der Waals surface area (Å²) in [7, 11) is 0. The third-order valence-corrected chi connectivity index (χ3v) is 4.98. The Morgan fingerprint density at radius 2 is 1.68 bits per heavy atom. The quantitative estimate of drug-likeness (QED) is 0.799. The summed E-state index contributed by atoms with van der Waals surface area (Å²) in [4.78, 5) is 23.3. The van der Waals surface area contributed by atoms with E-state index in [9.17, 15) is 19.8 Å². The Hall–Kier alpha value is -1.14. The summed E-state index contributed by atoms with van der Waals surface area (Å²) < 4.78 is 5.90. The van der Waals surface area contributed by atoms with Crippen LogP contribution in [0.3, 0.4) is 0 Å². The number of carbonyl (C=O) groups is 2. The van der Waals surface area contributed by atoms with Gasteiger partial charge in [0.1, 0.15) is 5.41 Å². The molecule has 2 bridgehead atoms. The maximum Gasteiger partial charge on any atom is 0.336 e. The molecule has 2 rings (SSSR count). The van der Waals surface area contributed by atoms with Crippen LogP contribution in [0.2, 0.25) is 0 Å². The Morgan fingerprint density at radius 3 is 2.11 bits per heavy atom. The fraction of sp³-hybridized carbons (Fsp3) is 0.846. The molecule has 0 aromatic carbocycles. The average molecular weight is 274 g/mol. The van der Waals surface area contributed by atoms with E-state index in [1.165, 1.54) is 0 Å². The summed E-state index contributed by atoms with van der Waals surface area (Å²) in [5.74, 6) is -1.93. The summed E-state index contributed by atoms with van der Waals surface area (Å²) in [5, 5.41) is 19.1. The summed E-state index contributed by atoms with van der Waals surface area (Å²) in [6.45, 7) is 3.76. The predicted octanol–water partition coefficient (Wildman–Crippen LogP) is 1.22. The second-order valence-electron chi connectivity index (χ2n) is 5.52. The molecule has 0 amide bonds. The lowest BCUT2D eigenvalue weighted by Crippen LogP contribution is -2.49. The van der Waals surface area contributed by atoms with Gasteiger partial charge in [0.25, 0.3) is 0 Å². The number of carboxylic acid groups (broad SMARTS) is 2. The number of rotatable bonds is 4. The van der Waals surface area contributed by atoms with Gasteiger partial charge >= 0.3 is 11.9 Å². The van der Waals surface area contributed by atoms with Crippen molar-refractivity contribution in [2.75, 3.05) is 0 Å². The van der Waals surface area contributed by atoms with Gasteiger partial charge in [0.05, 0.1) is 5.60 Å². The van der Waals surface area contributed by atoms with E-state index in [1.807, 2.05) is 13.8 Å². The van der Waals surface area contributed by atoms with Crippen molar-refractivity contribution in [1.82, 2.24) is 0 Å². The van der Waals surface area contributed by atoms with E-state index in [0.29, 0.717) is 32.1 Å². The van der Waals surface area contributed by atoms with Crippen LogP contribution < -0.4 is 0 Å². The molecular formula is C13H22O6. The number of carboxylic acids is 2. The van der Waals surface area contributed by atoms with Crippen LogP contribution in [0.15, 0.2) is 0 Å². The Kier molecular flexibility index (Phi) is 3.98. The van der Waals surface area contributed by atoms with Crippen molar-refractivity contribution in [3.63, 3.8) is 0 Å². The van der Waals surface area contributed by atoms with Crippen molar-refractivity contribution in [3.05, 3.63) is 0 Å². The lowest BCUT2D eigenvalue weighted by molar-refractivity contribution is -0.181. The molecule has 1 aliphatic carbocycles. The molecule has 0 spiro atoms. The van der Waals surface area contributed by atoms with E-state index in [1.54, 1.807) is 0 Å². The van der Waals surface area contributed by atoms with Gasteiger partial charge in [-0.15, -0.1) is 0 Å². The Morgan fingerprint density at radius 1 is 1.11 bits per heavy atom. The summed E-state index contributed by atoms with van der Waals surface area (Å²) in [6, 6.07) is 0. The van der Waals surface area contributed by atoms with Crippen molar-refractivity contribution in [2.24, 2.45) is 5.41 Å². The first-order chi connectivity index (χ1) is 8.38. The van der Waals surface area contributed by atoms with Gasteiger partial charge in [0.15, 0.2) is 5.60 Å². The minimum atomic E-state index is -1.29. The van der Waals surface area contributed by atoms with Crippen LogP contribution in [0, 0.1) is 5.41 Å². The molecule has 0 unspecified atom stereocenters. The van der Waals surface area contributed by atoms with Crippen LogP contribution in [0.25, 0.3) is 0 Å². The third-order valence-electron chi connectivity index (χ3n) is 4.98. The standard InChI is InChI=1S/C13H20O5.H2O/c1-3-13(4-2)11(9(14)15)6-5-7-12(8-11,18-13)10(16)17;/h3-8H2,1-2H3,(H,14,15)(H,16,17);1H2/t11-,12+;/m0./s1. The van der Waals surface area contributed by atoms with E-state index >= 15 is 0 Å². The number of hydrogen-bond donors (Lipinski definition) is 2. The predicted molar refractivity (Wildman–Crippen MR) is 66.9 cm³/mol. The molecular weight excluding hydrogens is 252 g/mol. The lowest BCUT2D eigenvalue weighted by Gasteiger charge is -2.40. The van der Waals surface area contributed by atoms with Gasteiger partial charge in [0.2, 0.25) is 0 Å². The molecule has 0 aromatic rings. The number of hydrogen-bond acceptors (Lipinski definition) is 3. The molecule has 110 valence electrons. The van der Waals surface area contributed by atoms with Gasteiger partial charge in [-0.25, -0.2) is 4.79 Å². The highest BCUT2D eigenvalue weighted by Crippen LogP contribution is 2.61. The van der Waals surface area contributed by atoms with Crippen LogP contribution in [0.1, 0.15) is 52.4 Å². The monoisotopic (exact) mass is 274 g/mol. The van der Waals surface area contributed by atoms with Crippen LogP contribution >= 0.6 is 0 Å². The highest BCUT2D eigenvalue weighted by molar-refractivity contribution is 5.84. The zero-order valence-electron chi connectivity index (χ0n) is 11.4. The van der Waals surface area contributed by atoms with E-state index in [0.717, 1.165) is 0 Å². The van der Waals surface area contributed by atoms with Crippen LogP contribution in [0.4, 0.5) is 0 Å². The molecule has 6 heteroatoms. The molecule has 0 aromatic heterocycles. The fourth-order valence-electron chi connectivity index (χ4n) is 3.96. The maximum atomic E-state index is 11.8. The zero-order chi connectivity index (χ0) is 13.6. The molecule has 4 N–H and O–H groups in total. The van der Waals surface area contributed by atoms with E-state index in [2.05, 4.69) is 0 Å². The topological polar surface area (TPSA) is 115 Å². The SMILES string of the molecule is CCC1(CC)O[C@]2(C(=O)O)CCC[C@@]1(C(=O)O)C2.O. The maximum absolute atomic E-state index is 11.8. The minimum Gasteiger partial charge on any atom is -0.481 e. The van der Waals surface area contributed by atoms with Crippen molar-refractivity contribution in [2.45, 2.75) is 63.6 Å². The summed E-state index contributed by atoms with van der Waals surface area (Å²) in [6.07, 6.45) is 2.69. The largest absolute Gasteiger partial charge is 0.481 e. The molecule has 2 fully saturated rings. The van der Waals surface area contributed by atoms with E-state index < -0.39 is 28.6 Å². The fourth-order valence-corrected chi connectivity index (χ4v) is 3.96. The minimum absolute atomic E-state index is 0. The summed E-state index contributed by atoms with van der Waals surface area (Å²) >= 11 is 0. The van der Waals surface area contributed by atoms with Gasteiger partial charge in [-0.2, -0.15) is 0 Å². The van der Waals surface area contributed by atoms with Gasteiger partial charge in [-0.1, -0.05) is 13.8 Å². The van der Waals surface area contributed by atoms with Crippen LogP contribution in [-0.2, 0) is 14.3 Å². The van der Waals surface area contributed by atoms with Crippen molar-refractivity contribution in [3.8, 4) is 0 Å². The van der Waals surface area contributed by atoms with Crippen LogP contribution in [0.5, 0.6) is 0 Å². The first-order valence-corrected chi connectivity index (χ1v) is 6.55. The van der Waals surface area contributed by atoms with Crippen molar-refractivity contribution < 1.29 is 30.0 Å². The third kappa shape index (κ3) is 1.77. The average Bonchev–Trinajstić information content (AvgIpc) is 2.56. The Balaban J connectivity index is 0.00000180. The molecule has 2 atom stereocenters. The van der Waals surface area contributed by atoms with E-state index in [4.69, 9.17) is 4.74 Å². The van der Waals surface area contributed by atoms with E-state index in [-0.39, 0.29) is 11.9 Å². The van der Waals surface area contributed by atoms with Gasteiger partial charge in [-0.3, -0.25) is 4.79 Å². The Bertz CT molecular complexity index is 389. The number of aliphatic carboxylic acids is 2. The lowest BCUT2D eigenvalue weighted by atomic mass is 9.61. The van der Waals surface area contributed by atoms with Gasteiger partial charge in [-0.05, 0) is 32.1 Å². The second kappa shape index (κ2) is 4.76. The van der Waals surface area contributed by atoms with Gasteiger partial charge < -0.3 is 20.4 Å². The second-order valence-corrected chi connectivity index (χ2v) is 5.52. The highest BCUT2D eigenvalue weighted by atomic mass is 16.6.